The van der Waals surface area contributed by atoms with Gasteiger partial charge in [-0.15, -0.1) is 0 Å². The van der Waals surface area contributed by atoms with E-state index in [1.165, 1.54) is 0 Å². The van der Waals surface area contributed by atoms with Crippen molar-refractivity contribution in [2.24, 2.45) is 12.8 Å². The predicted molar refractivity (Wildman–Crippen MR) is 76.6 cm³/mol. The second kappa shape index (κ2) is 6.26. The summed E-state index contributed by atoms with van der Waals surface area (Å²) in [4.78, 5) is 9.74. The van der Waals surface area contributed by atoms with E-state index in [-0.39, 0.29) is 0 Å². The Morgan fingerprint density at radius 2 is 2.00 bits per heavy atom. The van der Waals surface area contributed by atoms with E-state index in [9.17, 15) is 0 Å². The molecule has 1 fully saturated rings. The molecular formula is C12H21N5S. The van der Waals surface area contributed by atoms with Crippen molar-refractivity contribution < 1.29 is 0 Å². The summed E-state index contributed by atoms with van der Waals surface area (Å²) in [5.41, 5.74) is 5.56. The van der Waals surface area contributed by atoms with Gasteiger partial charge in [-0.1, -0.05) is 12.2 Å². The van der Waals surface area contributed by atoms with Crippen molar-refractivity contribution in [2.75, 3.05) is 39.3 Å². The summed E-state index contributed by atoms with van der Waals surface area (Å²) < 4.78 is 2.09. The van der Waals surface area contributed by atoms with Crippen molar-refractivity contribution >= 4 is 17.2 Å². The van der Waals surface area contributed by atoms with Gasteiger partial charge in [0.15, 0.2) is 0 Å². The lowest BCUT2D eigenvalue weighted by molar-refractivity contribution is 0.146. The Hall–Kier alpha value is -0.980. The molecule has 1 aromatic rings. The second-order valence-electron chi connectivity index (χ2n) is 4.79. The monoisotopic (exact) mass is 267 g/mol. The zero-order chi connectivity index (χ0) is 13.0. The quantitative estimate of drug-likeness (QED) is 0.753. The Labute approximate surface area is 114 Å². The molecule has 0 bridgehead atoms. The summed E-state index contributed by atoms with van der Waals surface area (Å²) in [5.74, 6) is 1.15. The molecule has 1 saturated heterocycles. The van der Waals surface area contributed by atoms with Crippen LogP contribution in [0.25, 0.3) is 0 Å². The molecule has 2 N–H and O–H groups in total. The van der Waals surface area contributed by atoms with Gasteiger partial charge in [0.1, 0.15) is 5.82 Å². The van der Waals surface area contributed by atoms with Crippen molar-refractivity contribution in [2.45, 2.75) is 6.42 Å². The van der Waals surface area contributed by atoms with Crippen molar-refractivity contribution in [1.82, 2.24) is 19.4 Å². The van der Waals surface area contributed by atoms with Gasteiger partial charge in [0.25, 0.3) is 0 Å². The van der Waals surface area contributed by atoms with E-state index in [0.717, 1.165) is 51.5 Å². The van der Waals surface area contributed by atoms with Crippen LogP contribution in [0.4, 0.5) is 0 Å². The molecule has 18 heavy (non-hydrogen) atoms. The lowest BCUT2D eigenvalue weighted by Gasteiger charge is -2.34. The van der Waals surface area contributed by atoms with Crippen molar-refractivity contribution in [3.05, 3.63) is 18.2 Å². The molecule has 2 heterocycles. The molecule has 1 aromatic heterocycles. The topological polar surface area (TPSA) is 50.3 Å². The van der Waals surface area contributed by atoms with Crippen LogP contribution in [0.2, 0.25) is 0 Å². The van der Waals surface area contributed by atoms with Crippen LogP contribution < -0.4 is 5.73 Å². The molecule has 5 nitrogen and oxygen atoms in total. The molecule has 0 saturated carbocycles. The molecule has 2 rings (SSSR count). The fraction of sp³-hybridized carbons (Fsp3) is 0.667. The fourth-order valence-electron chi connectivity index (χ4n) is 2.29. The number of hydrogen-bond acceptors (Lipinski definition) is 4. The van der Waals surface area contributed by atoms with E-state index >= 15 is 0 Å². The highest BCUT2D eigenvalue weighted by Gasteiger charge is 2.17. The third kappa shape index (κ3) is 3.76. The van der Waals surface area contributed by atoms with Gasteiger partial charge in [-0.2, -0.15) is 0 Å². The number of aromatic nitrogens is 2. The first-order valence-corrected chi connectivity index (χ1v) is 6.75. The maximum atomic E-state index is 5.56. The van der Waals surface area contributed by atoms with Crippen LogP contribution in [0.5, 0.6) is 0 Å². The molecule has 1 aliphatic rings. The molecule has 1 aliphatic heterocycles. The zero-order valence-corrected chi connectivity index (χ0v) is 11.7. The van der Waals surface area contributed by atoms with Crippen LogP contribution in [0.1, 0.15) is 5.82 Å². The Kier molecular flexibility index (Phi) is 4.68. The third-order valence-corrected chi connectivity index (χ3v) is 3.55. The zero-order valence-electron chi connectivity index (χ0n) is 10.9. The average molecular weight is 267 g/mol. The van der Waals surface area contributed by atoms with Gasteiger partial charge < -0.3 is 15.2 Å². The first-order chi connectivity index (χ1) is 8.65. The van der Waals surface area contributed by atoms with Crippen LogP contribution >= 0.6 is 12.2 Å². The van der Waals surface area contributed by atoms with Crippen LogP contribution in [0.3, 0.4) is 0 Å². The minimum Gasteiger partial charge on any atom is -0.392 e. The summed E-state index contributed by atoms with van der Waals surface area (Å²) >= 11 is 4.94. The largest absolute Gasteiger partial charge is 0.392 e. The molecule has 0 aliphatic carbocycles. The van der Waals surface area contributed by atoms with Crippen molar-refractivity contribution in [3.63, 3.8) is 0 Å². The van der Waals surface area contributed by atoms with E-state index in [4.69, 9.17) is 18.0 Å². The van der Waals surface area contributed by atoms with Crippen LogP contribution in [-0.2, 0) is 13.5 Å². The molecule has 100 valence electrons. The number of imidazole rings is 1. The first-order valence-electron chi connectivity index (χ1n) is 6.34. The van der Waals surface area contributed by atoms with E-state index < -0.39 is 0 Å². The van der Waals surface area contributed by atoms with Gasteiger partial charge in [-0.05, 0) is 0 Å². The minimum atomic E-state index is 0.594. The van der Waals surface area contributed by atoms with E-state index in [0.29, 0.717) is 4.99 Å². The smallest absolute Gasteiger partial charge is 0.109 e. The van der Waals surface area contributed by atoms with E-state index in [2.05, 4.69) is 19.4 Å². The summed E-state index contributed by atoms with van der Waals surface area (Å²) in [6.45, 7) is 6.12. The maximum absolute atomic E-state index is 5.56. The predicted octanol–water partition coefficient (Wildman–Crippen LogP) is -0.134. The number of piperazine rings is 1. The number of nitrogens with zero attached hydrogens (tertiary/aromatic N) is 4. The van der Waals surface area contributed by atoms with Gasteiger partial charge in [-0.25, -0.2) is 4.98 Å². The molecular weight excluding hydrogens is 246 g/mol. The van der Waals surface area contributed by atoms with E-state index in [1.54, 1.807) is 0 Å². The van der Waals surface area contributed by atoms with Crippen LogP contribution in [-0.4, -0.2) is 63.6 Å². The molecule has 0 atom stereocenters. The summed E-state index contributed by atoms with van der Waals surface area (Å²) in [5, 5.41) is 0. The van der Waals surface area contributed by atoms with Crippen LogP contribution in [0.15, 0.2) is 12.4 Å². The van der Waals surface area contributed by atoms with E-state index in [1.807, 2.05) is 19.4 Å². The Morgan fingerprint density at radius 1 is 1.33 bits per heavy atom. The third-order valence-electron chi connectivity index (χ3n) is 3.42. The first kappa shape index (κ1) is 13.5. The van der Waals surface area contributed by atoms with Gasteiger partial charge >= 0.3 is 0 Å². The lowest BCUT2D eigenvalue weighted by Crippen LogP contribution is -2.49. The standard InChI is InChI=1S/C12H21N5S/c1-15-5-3-14-12(15)2-4-16-6-8-17(9-7-16)10-11(13)18/h3,5H,2,4,6-10H2,1H3,(H2,13,18). The molecule has 0 radical (unpaired) electrons. The highest BCUT2D eigenvalue weighted by atomic mass is 32.1. The summed E-state index contributed by atoms with van der Waals surface area (Å²) in [6, 6.07) is 0. The Balaban J connectivity index is 1.71. The van der Waals surface area contributed by atoms with Gasteiger partial charge in [0.05, 0.1) is 4.99 Å². The van der Waals surface area contributed by atoms with Crippen molar-refractivity contribution in [3.8, 4) is 0 Å². The van der Waals surface area contributed by atoms with Gasteiger partial charge in [-0.3, -0.25) is 4.90 Å². The summed E-state index contributed by atoms with van der Waals surface area (Å²) in [7, 11) is 2.04. The molecule has 6 heteroatoms. The number of aryl methyl sites for hydroxylation is 1. The van der Waals surface area contributed by atoms with Gasteiger partial charge in [0, 0.05) is 65.1 Å². The number of thiocarbonyl (C=S) groups is 1. The number of hydrogen-bond donors (Lipinski definition) is 1. The Morgan fingerprint density at radius 3 is 2.56 bits per heavy atom. The Bertz CT molecular complexity index is 395. The molecule has 0 spiro atoms. The normalized spacial score (nSPS) is 18.1. The summed E-state index contributed by atoms with van der Waals surface area (Å²) in [6.07, 6.45) is 4.86. The maximum Gasteiger partial charge on any atom is 0.109 e. The molecule has 0 unspecified atom stereocenters. The minimum absolute atomic E-state index is 0.594. The fourth-order valence-corrected chi connectivity index (χ4v) is 2.47. The second-order valence-corrected chi connectivity index (χ2v) is 5.31. The highest BCUT2D eigenvalue weighted by molar-refractivity contribution is 7.80. The lowest BCUT2D eigenvalue weighted by atomic mass is 10.3. The van der Waals surface area contributed by atoms with Crippen molar-refractivity contribution in [1.29, 1.82) is 0 Å². The highest BCUT2D eigenvalue weighted by Crippen LogP contribution is 2.04. The van der Waals surface area contributed by atoms with Gasteiger partial charge in [0.2, 0.25) is 0 Å². The van der Waals surface area contributed by atoms with Crippen LogP contribution in [0, 0.1) is 0 Å². The SMILES string of the molecule is Cn1ccnc1CCN1CCN(CC(N)=S)CC1. The number of rotatable bonds is 5. The number of nitrogens with two attached hydrogens (primary N) is 1. The average Bonchev–Trinajstić information content (AvgIpc) is 2.73. The molecule has 0 amide bonds. The molecule has 0 aromatic carbocycles.